The van der Waals surface area contributed by atoms with Gasteiger partial charge in [0.25, 0.3) is 0 Å². The van der Waals surface area contributed by atoms with Crippen molar-refractivity contribution in [1.29, 1.82) is 0 Å². The fraction of sp³-hybridized carbons (Fsp3) is 0.435. The number of hydrogen-bond donors (Lipinski definition) is 1. The van der Waals surface area contributed by atoms with E-state index in [1.54, 1.807) is 17.7 Å². The topological polar surface area (TPSA) is 67.3 Å². The summed E-state index contributed by atoms with van der Waals surface area (Å²) in [4.78, 5) is 25.8. The molecular weight excluding hydrogens is 428 g/mol. The molecule has 1 aliphatic rings. The SMILES string of the molecule is CC(C)CN1CCOC(CNC(=O)CSc2ncnc3sc(-c4ccccc4)cc23)C1. The lowest BCUT2D eigenvalue weighted by Crippen LogP contribution is -2.48. The molecule has 0 aliphatic carbocycles. The van der Waals surface area contributed by atoms with Gasteiger partial charge >= 0.3 is 0 Å². The first-order valence-electron chi connectivity index (χ1n) is 10.6. The van der Waals surface area contributed by atoms with Crippen LogP contribution in [0.3, 0.4) is 0 Å². The number of hydrogen-bond acceptors (Lipinski definition) is 7. The van der Waals surface area contributed by atoms with E-state index in [4.69, 9.17) is 4.74 Å². The van der Waals surface area contributed by atoms with Gasteiger partial charge in [0.1, 0.15) is 16.2 Å². The summed E-state index contributed by atoms with van der Waals surface area (Å²) in [5.41, 5.74) is 1.16. The quantitative estimate of drug-likeness (QED) is 0.409. The first-order chi connectivity index (χ1) is 15.1. The summed E-state index contributed by atoms with van der Waals surface area (Å²) >= 11 is 3.10. The van der Waals surface area contributed by atoms with Gasteiger partial charge in [-0.25, -0.2) is 9.97 Å². The van der Waals surface area contributed by atoms with Gasteiger partial charge in [0.2, 0.25) is 5.91 Å². The Bertz CT molecular complexity index is 1010. The summed E-state index contributed by atoms with van der Waals surface area (Å²) in [6.45, 7) is 8.63. The number of nitrogens with zero attached hydrogens (tertiary/aromatic N) is 3. The highest BCUT2D eigenvalue weighted by Gasteiger charge is 2.21. The van der Waals surface area contributed by atoms with Gasteiger partial charge in [0.05, 0.1) is 18.5 Å². The molecule has 3 heterocycles. The molecule has 1 aromatic carbocycles. The zero-order valence-electron chi connectivity index (χ0n) is 17.9. The lowest BCUT2D eigenvalue weighted by molar-refractivity contribution is -0.119. The third kappa shape index (κ3) is 6.04. The van der Waals surface area contributed by atoms with Gasteiger partial charge in [-0.15, -0.1) is 11.3 Å². The highest BCUT2D eigenvalue weighted by atomic mass is 32.2. The van der Waals surface area contributed by atoms with E-state index in [0.29, 0.717) is 18.2 Å². The van der Waals surface area contributed by atoms with E-state index < -0.39 is 0 Å². The van der Waals surface area contributed by atoms with Gasteiger partial charge < -0.3 is 10.1 Å². The lowest BCUT2D eigenvalue weighted by atomic mass is 10.2. The second-order valence-electron chi connectivity index (χ2n) is 8.11. The number of amides is 1. The molecule has 3 aromatic rings. The first-order valence-corrected chi connectivity index (χ1v) is 12.4. The van der Waals surface area contributed by atoms with Crippen LogP contribution in [0.2, 0.25) is 0 Å². The van der Waals surface area contributed by atoms with Crippen molar-refractivity contribution in [2.75, 3.05) is 38.5 Å². The van der Waals surface area contributed by atoms with E-state index in [1.165, 1.54) is 11.8 Å². The van der Waals surface area contributed by atoms with Crippen LogP contribution >= 0.6 is 23.1 Å². The minimum atomic E-state index is -0.000132. The maximum atomic E-state index is 12.4. The average molecular weight is 457 g/mol. The van der Waals surface area contributed by atoms with Crippen LogP contribution in [0.15, 0.2) is 47.8 Å². The normalized spacial score (nSPS) is 17.3. The number of rotatable bonds is 8. The highest BCUT2D eigenvalue weighted by molar-refractivity contribution is 8.00. The van der Waals surface area contributed by atoms with Gasteiger partial charge in [0, 0.05) is 36.4 Å². The van der Waals surface area contributed by atoms with Crippen molar-refractivity contribution in [2.24, 2.45) is 5.92 Å². The summed E-state index contributed by atoms with van der Waals surface area (Å²) in [7, 11) is 0. The van der Waals surface area contributed by atoms with Crippen molar-refractivity contribution in [1.82, 2.24) is 20.2 Å². The zero-order valence-corrected chi connectivity index (χ0v) is 19.5. The molecule has 0 bridgehead atoms. The predicted molar refractivity (Wildman–Crippen MR) is 128 cm³/mol. The van der Waals surface area contributed by atoms with Crippen molar-refractivity contribution < 1.29 is 9.53 Å². The molecule has 8 heteroatoms. The number of carbonyl (C=O) groups is 1. The summed E-state index contributed by atoms with van der Waals surface area (Å²) in [6.07, 6.45) is 1.63. The average Bonchev–Trinajstić information content (AvgIpc) is 3.22. The molecule has 0 radical (unpaired) electrons. The van der Waals surface area contributed by atoms with Crippen LogP contribution in [0.25, 0.3) is 20.7 Å². The number of nitrogens with one attached hydrogen (secondary N) is 1. The summed E-state index contributed by atoms with van der Waals surface area (Å²) in [5, 5.41) is 4.87. The van der Waals surface area contributed by atoms with E-state index in [-0.39, 0.29) is 12.0 Å². The molecule has 0 saturated carbocycles. The molecule has 1 fully saturated rings. The molecule has 2 aromatic heterocycles. The lowest BCUT2D eigenvalue weighted by Gasteiger charge is -2.33. The fourth-order valence-electron chi connectivity index (χ4n) is 3.69. The van der Waals surface area contributed by atoms with Gasteiger partial charge in [0.15, 0.2) is 0 Å². The predicted octanol–water partition coefficient (Wildman–Crippen LogP) is 3.92. The van der Waals surface area contributed by atoms with Gasteiger partial charge in [-0.2, -0.15) is 0 Å². The molecule has 31 heavy (non-hydrogen) atoms. The molecule has 1 aliphatic heterocycles. The van der Waals surface area contributed by atoms with Crippen molar-refractivity contribution >= 4 is 39.2 Å². The Morgan fingerprint density at radius 3 is 2.97 bits per heavy atom. The van der Waals surface area contributed by atoms with E-state index in [1.807, 2.05) is 18.2 Å². The van der Waals surface area contributed by atoms with Crippen LogP contribution in [-0.2, 0) is 9.53 Å². The number of aromatic nitrogens is 2. The second kappa shape index (κ2) is 10.5. The Morgan fingerprint density at radius 1 is 1.32 bits per heavy atom. The molecular formula is C23H28N4O2S2. The van der Waals surface area contributed by atoms with Crippen molar-refractivity contribution in [3.8, 4) is 10.4 Å². The Balaban J connectivity index is 1.32. The fourth-order valence-corrected chi connectivity index (χ4v) is 5.56. The molecule has 1 amide bonds. The van der Waals surface area contributed by atoms with Crippen molar-refractivity contribution in [3.63, 3.8) is 0 Å². The minimum Gasteiger partial charge on any atom is -0.374 e. The first kappa shape index (κ1) is 22.2. The Kier molecular flexibility index (Phi) is 7.55. The smallest absolute Gasteiger partial charge is 0.230 e. The van der Waals surface area contributed by atoms with E-state index in [0.717, 1.165) is 51.9 Å². The Morgan fingerprint density at radius 2 is 2.16 bits per heavy atom. The van der Waals surface area contributed by atoms with Crippen molar-refractivity contribution in [3.05, 3.63) is 42.7 Å². The third-order valence-electron chi connectivity index (χ3n) is 5.06. The maximum absolute atomic E-state index is 12.4. The van der Waals surface area contributed by atoms with Crippen LogP contribution in [0.1, 0.15) is 13.8 Å². The van der Waals surface area contributed by atoms with Gasteiger partial charge in [-0.3, -0.25) is 9.69 Å². The Hall–Kier alpha value is -2.00. The third-order valence-corrected chi connectivity index (χ3v) is 7.16. The minimum absolute atomic E-state index is 0.000132. The zero-order chi connectivity index (χ0) is 21.6. The van der Waals surface area contributed by atoms with Crippen LogP contribution in [0, 0.1) is 5.92 Å². The second-order valence-corrected chi connectivity index (χ2v) is 10.1. The Labute approximate surface area is 191 Å². The van der Waals surface area contributed by atoms with Crippen LogP contribution in [0.5, 0.6) is 0 Å². The summed E-state index contributed by atoms with van der Waals surface area (Å²) in [5.74, 6) is 0.958. The van der Waals surface area contributed by atoms with Crippen LogP contribution in [0.4, 0.5) is 0 Å². The number of fused-ring (bicyclic) bond motifs is 1. The van der Waals surface area contributed by atoms with Crippen LogP contribution in [-0.4, -0.2) is 65.4 Å². The molecule has 0 spiro atoms. The number of morpholine rings is 1. The number of thiophene rings is 1. The molecule has 4 rings (SSSR count). The van der Waals surface area contributed by atoms with E-state index in [2.05, 4.69) is 52.2 Å². The number of ether oxygens (including phenoxy) is 1. The molecule has 164 valence electrons. The molecule has 1 saturated heterocycles. The molecule has 1 atom stereocenters. The highest BCUT2D eigenvalue weighted by Crippen LogP contribution is 2.35. The van der Waals surface area contributed by atoms with Crippen molar-refractivity contribution in [2.45, 2.75) is 25.0 Å². The largest absolute Gasteiger partial charge is 0.374 e. The number of benzene rings is 1. The van der Waals surface area contributed by atoms with Gasteiger partial charge in [-0.1, -0.05) is 55.9 Å². The molecule has 6 nitrogen and oxygen atoms in total. The summed E-state index contributed by atoms with van der Waals surface area (Å²) in [6, 6.07) is 12.4. The van der Waals surface area contributed by atoms with E-state index >= 15 is 0 Å². The maximum Gasteiger partial charge on any atom is 0.230 e. The monoisotopic (exact) mass is 456 g/mol. The number of thioether (sulfide) groups is 1. The van der Waals surface area contributed by atoms with Crippen LogP contribution < -0.4 is 5.32 Å². The molecule has 1 N–H and O–H groups in total. The summed E-state index contributed by atoms with van der Waals surface area (Å²) < 4.78 is 5.82. The van der Waals surface area contributed by atoms with E-state index in [9.17, 15) is 4.79 Å². The number of carbonyl (C=O) groups excluding carboxylic acids is 1. The standard InChI is InChI=1S/C23H28N4O2S2/c1-16(2)12-27-8-9-29-18(13-27)11-24-21(28)14-30-22-19-10-20(17-6-4-3-5-7-17)31-23(19)26-15-25-22/h3-7,10,15-16,18H,8-9,11-14H2,1-2H3,(H,24,28). The molecule has 1 unspecified atom stereocenters. The van der Waals surface area contributed by atoms with Gasteiger partial charge in [-0.05, 0) is 17.5 Å².